The summed E-state index contributed by atoms with van der Waals surface area (Å²) in [6.07, 6.45) is 1.73. The van der Waals surface area contributed by atoms with Crippen molar-refractivity contribution in [2.24, 2.45) is 0 Å². The Bertz CT molecular complexity index is 694. The van der Waals surface area contributed by atoms with E-state index in [4.69, 9.17) is 23.2 Å². The van der Waals surface area contributed by atoms with Crippen LogP contribution in [-0.2, 0) is 5.75 Å². The van der Waals surface area contributed by atoms with Gasteiger partial charge in [0.1, 0.15) is 0 Å². The SMILES string of the molecule is Clc1ccc(CSc2nc3ncccc3[nH]2)c(Cl)c1. The molecule has 0 spiro atoms. The van der Waals surface area contributed by atoms with Gasteiger partial charge in [0.25, 0.3) is 0 Å². The molecule has 19 heavy (non-hydrogen) atoms. The number of H-pyrrole nitrogens is 1. The van der Waals surface area contributed by atoms with Crippen LogP contribution in [0, 0.1) is 0 Å². The highest BCUT2D eigenvalue weighted by Gasteiger charge is 2.06. The second-order valence-electron chi connectivity index (χ2n) is 3.94. The zero-order valence-electron chi connectivity index (χ0n) is 9.73. The quantitative estimate of drug-likeness (QED) is 0.721. The standard InChI is InChI=1S/C13H9Cl2N3S/c14-9-4-3-8(10(15)6-9)7-19-13-17-11-2-1-5-16-12(11)18-13/h1-6H,7H2,(H,16,17,18). The van der Waals surface area contributed by atoms with Crippen LogP contribution in [0.4, 0.5) is 0 Å². The summed E-state index contributed by atoms with van der Waals surface area (Å²) < 4.78 is 0. The van der Waals surface area contributed by atoms with Gasteiger partial charge in [-0.25, -0.2) is 9.97 Å². The van der Waals surface area contributed by atoms with Crippen LogP contribution in [0.1, 0.15) is 5.56 Å². The summed E-state index contributed by atoms with van der Waals surface area (Å²) in [6, 6.07) is 9.35. The third-order valence-corrected chi connectivity index (χ3v) is 4.12. The lowest BCUT2D eigenvalue weighted by Crippen LogP contribution is -1.83. The van der Waals surface area contributed by atoms with Gasteiger partial charge < -0.3 is 4.98 Å². The molecule has 0 saturated heterocycles. The summed E-state index contributed by atoms with van der Waals surface area (Å²) in [5, 5.41) is 2.15. The van der Waals surface area contributed by atoms with E-state index in [1.54, 1.807) is 24.0 Å². The molecule has 3 nitrogen and oxygen atoms in total. The van der Waals surface area contributed by atoms with Gasteiger partial charge in [-0.3, -0.25) is 0 Å². The maximum absolute atomic E-state index is 6.13. The van der Waals surface area contributed by atoms with Crippen LogP contribution in [0.3, 0.4) is 0 Å². The average molecular weight is 310 g/mol. The Kier molecular flexibility index (Phi) is 3.64. The highest BCUT2D eigenvalue weighted by molar-refractivity contribution is 7.98. The van der Waals surface area contributed by atoms with Crippen molar-refractivity contribution in [2.75, 3.05) is 0 Å². The molecule has 96 valence electrons. The summed E-state index contributed by atoms with van der Waals surface area (Å²) in [5.41, 5.74) is 2.70. The zero-order valence-corrected chi connectivity index (χ0v) is 12.1. The lowest BCUT2D eigenvalue weighted by molar-refractivity contribution is 1.07. The van der Waals surface area contributed by atoms with Crippen molar-refractivity contribution < 1.29 is 0 Å². The normalized spacial score (nSPS) is 11.1. The van der Waals surface area contributed by atoms with Gasteiger partial charge in [-0.1, -0.05) is 41.0 Å². The average Bonchev–Trinajstić information content (AvgIpc) is 2.80. The first-order chi connectivity index (χ1) is 9.22. The molecule has 0 aliphatic rings. The number of halogens is 2. The molecule has 0 aliphatic carbocycles. The van der Waals surface area contributed by atoms with Crippen LogP contribution in [0.5, 0.6) is 0 Å². The number of rotatable bonds is 3. The van der Waals surface area contributed by atoms with E-state index >= 15 is 0 Å². The number of hydrogen-bond donors (Lipinski definition) is 1. The summed E-state index contributed by atoms with van der Waals surface area (Å²) in [6.45, 7) is 0. The molecule has 0 fully saturated rings. The molecule has 0 amide bonds. The van der Waals surface area contributed by atoms with E-state index in [0.717, 1.165) is 27.6 Å². The lowest BCUT2D eigenvalue weighted by Gasteiger charge is -2.02. The molecule has 0 atom stereocenters. The predicted molar refractivity (Wildman–Crippen MR) is 79.9 cm³/mol. The first-order valence-corrected chi connectivity index (χ1v) is 7.34. The maximum Gasteiger partial charge on any atom is 0.178 e. The van der Waals surface area contributed by atoms with E-state index in [2.05, 4.69) is 15.0 Å². The first kappa shape index (κ1) is 12.8. The number of aromatic amines is 1. The van der Waals surface area contributed by atoms with Crippen LogP contribution in [0.2, 0.25) is 10.0 Å². The fraction of sp³-hybridized carbons (Fsp3) is 0.0769. The van der Waals surface area contributed by atoms with Gasteiger partial charge in [-0.05, 0) is 29.8 Å². The fourth-order valence-electron chi connectivity index (χ4n) is 1.68. The Morgan fingerprint density at radius 1 is 1.21 bits per heavy atom. The Morgan fingerprint density at radius 2 is 2.11 bits per heavy atom. The van der Waals surface area contributed by atoms with E-state index in [0.29, 0.717) is 10.0 Å². The maximum atomic E-state index is 6.13. The molecule has 0 radical (unpaired) electrons. The van der Waals surface area contributed by atoms with Crippen molar-refractivity contribution in [3.8, 4) is 0 Å². The number of imidazole rings is 1. The highest BCUT2D eigenvalue weighted by Crippen LogP contribution is 2.27. The van der Waals surface area contributed by atoms with E-state index in [9.17, 15) is 0 Å². The van der Waals surface area contributed by atoms with Gasteiger partial charge >= 0.3 is 0 Å². The van der Waals surface area contributed by atoms with Gasteiger partial charge in [0.2, 0.25) is 0 Å². The van der Waals surface area contributed by atoms with Gasteiger partial charge in [-0.2, -0.15) is 0 Å². The van der Waals surface area contributed by atoms with E-state index in [1.807, 2.05) is 24.3 Å². The predicted octanol–water partition coefficient (Wildman–Crippen LogP) is 4.56. The van der Waals surface area contributed by atoms with Crippen LogP contribution < -0.4 is 0 Å². The summed E-state index contributed by atoms with van der Waals surface area (Å²) in [5.74, 6) is 0.732. The van der Waals surface area contributed by atoms with Crippen molar-refractivity contribution in [3.63, 3.8) is 0 Å². The number of nitrogens with zero attached hydrogens (tertiary/aromatic N) is 2. The monoisotopic (exact) mass is 309 g/mol. The van der Waals surface area contributed by atoms with Crippen LogP contribution in [-0.4, -0.2) is 15.0 Å². The molecular weight excluding hydrogens is 301 g/mol. The summed E-state index contributed by atoms with van der Waals surface area (Å²) in [7, 11) is 0. The van der Waals surface area contributed by atoms with Crippen molar-refractivity contribution in [1.82, 2.24) is 15.0 Å². The van der Waals surface area contributed by atoms with Gasteiger partial charge in [0.15, 0.2) is 10.8 Å². The van der Waals surface area contributed by atoms with Crippen molar-refractivity contribution >= 4 is 46.1 Å². The van der Waals surface area contributed by atoms with Gasteiger partial charge in [0.05, 0.1) is 5.52 Å². The first-order valence-electron chi connectivity index (χ1n) is 5.60. The topological polar surface area (TPSA) is 41.6 Å². The zero-order chi connectivity index (χ0) is 13.2. The molecule has 6 heteroatoms. The molecule has 2 heterocycles. The molecule has 3 aromatic rings. The number of hydrogen-bond acceptors (Lipinski definition) is 3. The summed E-state index contributed by atoms with van der Waals surface area (Å²) >= 11 is 13.6. The Hall–Kier alpha value is -1.23. The molecular formula is C13H9Cl2N3S. The molecule has 0 saturated carbocycles. The van der Waals surface area contributed by atoms with Crippen molar-refractivity contribution in [2.45, 2.75) is 10.9 Å². The molecule has 0 bridgehead atoms. The third-order valence-electron chi connectivity index (χ3n) is 2.62. The second-order valence-corrected chi connectivity index (χ2v) is 5.75. The Morgan fingerprint density at radius 3 is 2.89 bits per heavy atom. The van der Waals surface area contributed by atoms with Crippen LogP contribution in [0.15, 0.2) is 41.7 Å². The largest absolute Gasteiger partial charge is 0.332 e. The van der Waals surface area contributed by atoms with Crippen LogP contribution in [0.25, 0.3) is 11.2 Å². The number of nitrogens with one attached hydrogen (secondary N) is 1. The molecule has 0 unspecified atom stereocenters. The summed E-state index contributed by atoms with van der Waals surface area (Å²) in [4.78, 5) is 11.8. The molecule has 3 rings (SSSR count). The second kappa shape index (κ2) is 5.41. The number of pyridine rings is 1. The van der Waals surface area contributed by atoms with Crippen LogP contribution >= 0.6 is 35.0 Å². The van der Waals surface area contributed by atoms with E-state index in [1.165, 1.54) is 0 Å². The molecule has 1 aromatic carbocycles. The third kappa shape index (κ3) is 2.86. The minimum absolute atomic E-state index is 0.645. The molecule has 0 aliphatic heterocycles. The molecule has 2 aromatic heterocycles. The minimum Gasteiger partial charge on any atom is -0.332 e. The smallest absolute Gasteiger partial charge is 0.178 e. The van der Waals surface area contributed by atoms with E-state index in [-0.39, 0.29) is 0 Å². The molecule has 1 N–H and O–H groups in total. The van der Waals surface area contributed by atoms with Gasteiger partial charge in [0, 0.05) is 22.0 Å². The number of thioether (sulfide) groups is 1. The van der Waals surface area contributed by atoms with Crippen molar-refractivity contribution in [1.29, 1.82) is 0 Å². The number of benzene rings is 1. The number of fused-ring (bicyclic) bond motifs is 1. The highest BCUT2D eigenvalue weighted by atomic mass is 35.5. The Labute approximate surface area is 124 Å². The van der Waals surface area contributed by atoms with Gasteiger partial charge in [-0.15, -0.1) is 0 Å². The number of aromatic nitrogens is 3. The fourth-order valence-corrected chi connectivity index (χ4v) is 3.11. The lowest BCUT2D eigenvalue weighted by atomic mass is 10.2. The minimum atomic E-state index is 0.645. The van der Waals surface area contributed by atoms with E-state index < -0.39 is 0 Å². The Balaban J connectivity index is 1.78. The van der Waals surface area contributed by atoms with Crippen molar-refractivity contribution in [3.05, 3.63) is 52.1 Å².